The Balaban J connectivity index is 1.51. The zero-order valence-corrected chi connectivity index (χ0v) is 18.3. The van der Waals surface area contributed by atoms with E-state index >= 15 is 0 Å². The second-order valence-corrected chi connectivity index (χ2v) is 10.8. The first kappa shape index (κ1) is 20.9. The number of aromatic nitrogens is 1. The maximum atomic E-state index is 13.8. The third-order valence-corrected chi connectivity index (χ3v) is 7.96. The summed E-state index contributed by atoms with van der Waals surface area (Å²) in [4.78, 5) is 16.8. The molecule has 30 heavy (non-hydrogen) atoms. The summed E-state index contributed by atoms with van der Waals surface area (Å²) in [6, 6.07) is 10.5. The van der Waals surface area contributed by atoms with Gasteiger partial charge in [-0.15, -0.1) is 0 Å². The van der Waals surface area contributed by atoms with Crippen molar-refractivity contribution in [1.82, 2.24) is 9.29 Å². The normalized spacial score (nSPS) is 20.4. The van der Waals surface area contributed by atoms with E-state index in [1.165, 1.54) is 46.0 Å². The van der Waals surface area contributed by atoms with Gasteiger partial charge in [0.15, 0.2) is 5.13 Å². The number of hydrogen-bond acceptors (Lipinski definition) is 5. The van der Waals surface area contributed by atoms with Crippen LogP contribution in [0.1, 0.15) is 30.6 Å². The molecule has 1 aromatic heterocycles. The molecule has 1 fully saturated rings. The smallest absolute Gasteiger partial charge is 0.257 e. The number of nitrogens with zero attached hydrogens (tertiary/aromatic N) is 2. The van der Waals surface area contributed by atoms with Gasteiger partial charge in [0.25, 0.3) is 5.91 Å². The number of fused-ring (bicyclic) bond motifs is 1. The lowest BCUT2D eigenvalue weighted by Crippen LogP contribution is -2.42. The standard InChI is InChI=1S/C21H22FN3O3S2/c1-13-10-14(2)12-25(11-13)30(27,28)16-8-6-15(7-9-16)20(26)24-21-23-19-17(22)4-3-5-18(19)29-21/h3-9,13-14H,10-12H2,1-2H3,(H,23,24,26)/t13-,14+. The molecular weight excluding hydrogens is 425 g/mol. The van der Waals surface area contributed by atoms with Crippen molar-refractivity contribution in [2.75, 3.05) is 18.4 Å². The molecule has 0 unspecified atom stereocenters. The Kier molecular flexibility index (Phi) is 5.61. The van der Waals surface area contributed by atoms with Crippen LogP contribution in [0.3, 0.4) is 0 Å². The van der Waals surface area contributed by atoms with Crippen molar-refractivity contribution in [3.8, 4) is 0 Å². The Bertz CT molecular complexity index is 1180. The molecule has 0 aliphatic carbocycles. The van der Waals surface area contributed by atoms with Gasteiger partial charge in [-0.05, 0) is 54.7 Å². The van der Waals surface area contributed by atoms with E-state index in [0.29, 0.717) is 35.2 Å². The van der Waals surface area contributed by atoms with Gasteiger partial charge in [-0.1, -0.05) is 31.3 Å². The minimum Gasteiger partial charge on any atom is -0.298 e. The molecule has 4 rings (SSSR count). The van der Waals surface area contributed by atoms with Gasteiger partial charge in [0.05, 0.1) is 9.60 Å². The van der Waals surface area contributed by atoms with Crippen LogP contribution in [0.25, 0.3) is 10.2 Å². The number of rotatable bonds is 4. The minimum absolute atomic E-state index is 0.169. The van der Waals surface area contributed by atoms with E-state index < -0.39 is 21.7 Å². The highest BCUT2D eigenvalue weighted by Crippen LogP contribution is 2.29. The van der Waals surface area contributed by atoms with E-state index in [2.05, 4.69) is 24.1 Å². The minimum atomic E-state index is -3.60. The maximum Gasteiger partial charge on any atom is 0.257 e. The summed E-state index contributed by atoms with van der Waals surface area (Å²) in [6.07, 6.45) is 1.01. The third-order valence-electron chi connectivity index (χ3n) is 5.18. The number of piperidine rings is 1. The number of amides is 1. The van der Waals surface area contributed by atoms with Crippen molar-refractivity contribution in [3.63, 3.8) is 0 Å². The van der Waals surface area contributed by atoms with Gasteiger partial charge in [-0.25, -0.2) is 17.8 Å². The molecule has 0 saturated carbocycles. The number of carbonyl (C=O) groups excluding carboxylic acids is 1. The summed E-state index contributed by atoms with van der Waals surface area (Å²) in [5.41, 5.74) is 0.512. The predicted octanol–water partition coefficient (Wildman–Crippen LogP) is 4.35. The molecule has 1 amide bonds. The topological polar surface area (TPSA) is 79.4 Å². The van der Waals surface area contributed by atoms with Gasteiger partial charge in [0, 0.05) is 18.7 Å². The summed E-state index contributed by atoms with van der Waals surface area (Å²) >= 11 is 1.18. The van der Waals surface area contributed by atoms with E-state index in [1.54, 1.807) is 12.1 Å². The van der Waals surface area contributed by atoms with E-state index in [9.17, 15) is 17.6 Å². The molecule has 3 aromatic rings. The molecule has 1 saturated heterocycles. The molecule has 2 atom stereocenters. The fraction of sp³-hybridized carbons (Fsp3) is 0.333. The van der Waals surface area contributed by atoms with Crippen LogP contribution in [0.2, 0.25) is 0 Å². The fourth-order valence-corrected chi connectivity index (χ4v) is 6.42. The average molecular weight is 448 g/mol. The van der Waals surface area contributed by atoms with E-state index in [-0.39, 0.29) is 15.5 Å². The second-order valence-electron chi connectivity index (χ2n) is 7.85. The van der Waals surface area contributed by atoms with Gasteiger partial charge in [-0.2, -0.15) is 4.31 Å². The SMILES string of the molecule is C[C@@H]1C[C@H](C)CN(S(=O)(=O)c2ccc(C(=O)Nc3nc4c(F)cccc4s3)cc2)C1. The fourth-order valence-electron chi connectivity index (χ4n) is 3.87. The maximum absolute atomic E-state index is 13.8. The molecule has 0 bridgehead atoms. The van der Waals surface area contributed by atoms with Gasteiger partial charge < -0.3 is 0 Å². The summed E-state index contributed by atoms with van der Waals surface area (Å²) in [7, 11) is -3.60. The Labute approximate surface area is 178 Å². The van der Waals surface area contributed by atoms with Gasteiger partial charge in [0.1, 0.15) is 11.3 Å². The van der Waals surface area contributed by atoms with E-state index in [4.69, 9.17) is 0 Å². The van der Waals surface area contributed by atoms with Crippen LogP contribution in [0.5, 0.6) is 0 Å². The van der Waals surface area contributed by atoms with Crippen LogP contribution in [0.15, 0.2) is 47.4 Å². The van der Waals surface area contributed by atoms with Crippen LogP contribution in [-0.2, 0) is 10.0 Å². The van der Waals surface area contributed by atoms with Crippen molar-refractivity contribution < 1.29 is 17.6 Å². The Morgan fingerprint density at radius 2 is 1.80 bits per heavy atom. The van der Waals surface area contributed by atoms with Gasteiger partial charge >= 0.3 is 0 Å². The van der Waals surface area contributed by atoms with Crippen molar-refractivity contribution >= 4 is 42.6 Å². The summed E-state index contributed by atoms with van der Waals surface area (Å²) < 4.78 is 41.9. The number of hydrogen-bond donors (Lipinski definition) is 1. The highest BCUT2D eigenvalue weighted by atomic mass is 32.2. The van der Waals surface area contributed by atoms with Crippen LogP contribution < -0.4 is 5.32 Å². The predicted molar refractivity (Wildman–Crippen MR) is 116 cm³/mol. The lowest BCUT2D eigenvalue weighted by Gasteiger charge is -2.34. The van der Waals surface area contributed by atoms with Crippen LogP contribution in [0.4, 0.5) is 9.52 Å². The first-order valence-electron chi connectivity index (χ1n) is 9.70. The molecule has 1 aliphatic heterocycles. The van der Waals surface area contributed by atoms with E-state index in [0.717, 1.165) is 6.42 Å². The summed E-state index contributed by atoms with van der Waals surface area (Å²) in [5.74, 6) is -0.252. The molecule has 6 nitrogen and oxygen atoms in total. The monoisotopic (exact) mass is 447 g/mol. The Hall–Kier alpha value is -2.36. The van der Waals surface area contributed by atoms with E-state index in [1.807, 2.05) is 0 Å². The largest absolute Gasteiger partial charge is 0.298 e. The molecular formula is C21H22FN3O3S2. The number of benzene rings is 2. The summed E-state index contributed by atoms with van der Waals surface area (Å²) in [5, 5.41) is 2.94. The number of para-hydroxylation sites is 1. The van der Waals surface area contributed by atoms with Crippen LogP contribution >= 0.6 is 11.3 Å². The van der Waals surface area contributed by atoms with Crippen molar-refractivity contribution in [2.24, 2.45) is 11.8 Å². The van der Waals surface area contributed by atoms with Crippen molar-refractivity contribution in [1.29, 1.82) is 0 Å². The number of nitrogens with one attached hydrogen (secondary N) is 1. The quantitative estimate of drug-likeness (QED) is 0.645. The highest BCUT2D eigenvalue weighted by molar-refractivity contribution is 7.89. The third kappa shape index (κ3) is 4.10. The lowest BCUT2D eigenvalue weighted by molar-refractivity contribution is 0.102. The second kappa shape index (κ2) is 8.05. The zero-order valence-electron chi connectivity index (χ0n) is 16.6. The first-order valence-corrected chi connectivity index (χ1v) is 12.0. The molecule has 0 spiro atoms. The first-order chi connectivity index (χ1) is 14.2. The molecule has 0 radical (unpaired) electrons. The van der Waals surface area contributed by atoms with Crippen molar-refractivity contribution in [3.05, 3.63) is 53.8 Å². The lowest BCUT2D eigenvalue weighted by atomic mass is 9.94. The number of thiazole rings is 1. The number of sulfonamides is 1. The molecule has 2 heterocycles. The van der Waals surface area contributed by atoms with Crippen molar-refractivity contribution in [2.45, 2.75) is 25.2 Å². The van der Waals surface area contributed by atoms with Gasteiger partial charge in [0.2, 0.25) is 10.0 Å². The number of anilines is 1. The summed E-state index contributed by atoms with van der Waals surface area (Å²) in [6.45, 7) is 5.12. The Morgan fingerprint density at radius 1 is 1.13 bits per heavy atom. The molecule has 9 heteroatoms. The molecule has 158 valence electrons. The molecule has 1 aliphatic rings. The number of halogens is 1. The molecule has 2 aromatic carbocycles. The average Bonchev–Trinajstić information content (AvgIpc) is 3.11. The highest BCUT2D eigenvalue weighted by Gasteiger charge is 2.31. The number of carbonyl (C=O) groups is 1. The Morgan fingerprint density at radius 3 is 2.43 bits per heavy atom. The molecule has 1 N–H and O–H groups in total. The van der Waals surface area contributed by atoms with Crippen LogP contribution in [-0.4, -0.2) is 36.7 Å². The van der Waals surface area contributed by atoms with Crippen LogP contribution in [0, 0.1) is 17.7 Å². The van der Waals surface area contributed by atoms with Gasteiger partial charge in [-0.3, -0.25) is 10.1 Å². The zero-order chi connectivity index (χ0) is 21.5.